The van der Waals surface area contributed by atoms with Crippen molar-refractivity contribution in [2.45, 2.75) is 6.10 Å². The number of nitrogens with zero attached hydrogens (tertiary/aromatic N) is 1. The molecule has 10 heteroatoms. The molecule has 0 aromatic heterocycles. The summed E-state index contributed by atoms with van der Waals surface area (Å²) in [6.07, 6.45) is -0.371. The number of benzene rings is 3. The van der Waals surface area contributed by atoms with Crippen LogP contribution in [0.1, 0.15) is 20.7 Å². The lowest BCUT2D eigenvalue weighted by molar-refractivity contribution is -0.384. The Morgan fingerprint density at radius 2 is 1.73 bits per heavy atom. The van der Waals surface area contributed by atoms with Crippen molar-refractivity contribution < 1.29 is 24.0 Å². The zero-order valence-corrected chi connectivity index (χ0v) is 17.9. The summed E-state index contributed by atoms with van der Waals surface area (Å²) < 4.78 is 11.5. The normalized spacial score (nSPS) is 14.3. The first-order valence-electron chi connectivity index (χ1n) is 9.93. The molecule has 0 fully saturated rings. The van der Waals surface area contributed by atoms with Crippen molar-refractivity contribution in [1.29, 1.82) is 0 Å². The van der Waals surface area contributed by atoms with E-state index in [1.54, 1.807) is 36.4 Å². The summed E-state index contributed by atoms with van der Waals surface area (Å²) in [7, 11) is 0. The van der Waals surface area contributed by atoms with Crippen molar-refractivity contribution in [2.24, 2.45) is 0 Å². The van der Waals surface area contributed by atoms with E-state index in [9.17, 15) is 19.7 Å². The molecule has 1 unspecified atom stereocenters. The highest BCUT2D eigenvalue weighted by molar-refractivity contribution is 6.34. The molecule has 1 atom stereocenters. The zero-order chi connectivity index (χ0) is 23.4. The van der Waals surface area contributed by atoms with E-state index in [1.807, 2.05) is 12.1 Å². The molecule has 33 heavy (non-hydrogen) atoms. The van der Waals surface area contributed by atoms with Gasteiger partial charge in [-0.05, 0) is 30.3 Å². The molecule has 4 rings (SSSR count). The van der Waals surface area contributed by atoms with Crippen LogP contribution in [0.2, 0.25) is 5.02 Å². The third-order valence-electron chi connectivity index (χ3n) is 4.89. The van der Waals surface area contributed by atoms with Crippen LogP contribution in [-0.4, -0.2) is 36.0 Å². The lowest BCUT2D eigenvalue weighted by atomic mass is 10.1. The van der Waals surface area contributed by atoms with E-state index >= 15 is 0 Å². The number of non-ortho nitro benzene ring substituents is 1. The number of amides is 2. The topological polar surface area (TPSA) is 120 Å². The van der Waals surface area contributed by atoms with Crippen molar-refractivity contribution in [3.63, 3.8) is 0 Å². The first-order valence-corrected chi connectivity index (χ1v) is 10.3. The number of ether oxygens (including phenoxy) is 2. The highest BCUT2D eigenvalue weighted by atomic mass is 35.5. The average molecular weight is 468 g/mol. The fraction of sp³-hybridized carbons (Fsp3) is 0.130. The fourth-order valence-corrected chi connectivity index (χ4v) is 3.51. The second-order valence-electron chi connectivity index (χ2n) is 7.13. The van der Waals surface area contributed by atoms with Crippen molar-refractivity contribution in [3.8, 4) is 11.5 Å². The minimum absolute atomic E-state index is 0.0453. The van der Waals surface area contributed by atoms with Crippen LogP contribution in [0.5, 0.6) is 11.5 Å². The van der Waals surface area contributed by atoms with Gasteiger partial charge in [0.2, 0.25) is 0 Å². The molecule has 1 aliphatic rings. The van der Waals surface area contributed by atoms with Gasteiger partial charge < -0.3 is 20.1 Å². The Morgan fingerprint density at radius 3 is 2.48 bits per heavy atom. The monoisotopic (exact) mass is 467 g/mol. The van der Waals surface area contributed by atoms with Crippen LogP contribution >= 0.6 is 11.6 Å². The highest BCUT2D eigenvalue weighted by Crippen LogP contribution is 2.30. The van der Waals surface area contributed by atoms with Gasteiger partial charge in [-0.1, -0.05) is 35.9 Å². The molecule has 0 spiro atoms. The van der Waals surface area contributed by atoms with Gasteiger partial charge in [0.1, 0.15) is 12.7 Å². The van der Waals surface area contributed by atoms with Crippen molar-refractivity contribution in [1.82, 2.24) is 5.32 Å². The number of carbonyl (C=O) groups excluding carboxylic acids is 2. The van der Waals surface area contributed by atoms with Gasteiger partial charge in [-0.15, -0.1) is 0 Å². The molecular weight excluding hydrogens is 450 g/mol. The minimum atomic E-state index is -0.604. The molecule has 0 radical (unpaired) electrons. The fourth-order valence-electron chi connectivity index (χ4n) is 3.25. The Hall–Kier alpha value is -4.11. The number of carbonyl (C=O) groups is 2. The van der Waals surface area contributed by atoms with Gasteiger partial charge in [-0.3, -0.25) is 19.7 Å². The summed E-state index contributed by atoms with van der Waals surface area (Å²) in [6.45, 7) is 0.484. The molecule has 2 amide bonds. The Labute approximate surface area is 193 Å². The maximum absolute atomic E-state index is 12.8. The van der Waals surface area contributed by atoms with Crippen LogP contribution in [0.15, 0.2) is 66.7 Å². The van der Waals surface area contributed by atoms with Crippen LogP contribution in [0.4, 0.5) is 11.4 Å². The van der Waals surface area contributed by atoms with Gasteiger partial charge in [0.25, 0.3) is 17.5 Å². The lowest BCUT2D eigenvalue weighted by Gasteiger charge is -2.26. The van der Waals surface area contributed by atoms with Crippen molar-refractivity contribution >= 4 is 34.8 Å². The van der Waals surface area contributed by atoms with Crippen molar-refractivity contribution in [3.05, 3.63) is 93.0 Å². The SMILES string of the molecule is O=C(Nc1ccccc1C(=O)NCC1COc2ccccc2O1)c1ccc([N+](=O)[O-])cc1Cl. The predicted octanol–water partition coefficient (Wildman–Crippen LogP) is 4.07. The van der Waals surface area contributed by atoms with E-state index in [-0.39, 0.29) is 46.8 Å². The Bertz CT molecular complexity index is 1230. The maximum atomic E-state index is 12.8. The van der Waals surface area contributed by atoms with Crippen LogP contribution in [-0.2, 0) is 0 Å². The van der Waals surface area contributed by atoms with E-state index < -0.39 is 16.7 Å². The van der Waals surface area contributed by atoms with Crippen LogP contribution in [0.25, 0.3) is 0 Å². The number of anilines is 1. The van der Waals surface area contributed by atoms with Crippen molar-refractivity contribution in [2.75, 3.05) is 18.5 Å². The number of rotatable bonds is 6. The molecule has 168 valence electrons. The summed E-state index contributed by atoms with van der Waals surface area (Å²) in [5, 5.41) is 16.2. The smallest absolute Gasteiger partial charge is 0.270 e. The van der Waals surface area contributed by atoms with E-state index in [4.69, 9.17) is 21.1 Å². The predicted molar refractivity (Wildman–Crippen MR) is 121 cm³/mol. The van der Waals surface area contributed by atoms with Gasteiger partial charge in [0, 0.05) is 12.1 Å². The van der Waals surface area contributed by atoms with Gasteiger partial charge in [-0.2, -0.15) is 0 Å². The van der Waals surface area contributed by atoms with E-state index in [1.165, 1.54) is 12.1 Å². The van der Waals surface area contributed by atoms with Crippen LogP contribution in [0.3, 0.4) is 0 Å². The van der Waals surface area contributed by atoms with E-state index in [0.717, 1.165) is 6.07 Å². The summed E-state index contributed by atoms with van der Waals surface area (Å²) >= 11 is 6.04. The maximum Gasteiger partial charge on any atom is 0.270 e. The number of para-hydroxylation sites is 3. The summed E-state index contributed by atoms with van der Waals surface area (Å²) in [5.41, 5.74) is 0.318. The number of halogens is 1. The Morgan fingerprint density at radius 1 is 1.00 bits per heavy atom. The van der Waals surface area contributed by atoms with Crippen LogP contribution < -0.4 is 20.1 Å². The molecule has 1 aliphatic heterocycles. The number of hydrogen-bond donors (Lipinski definition) is 2. The summed E-state index contributed by atoms with van der Waals surface area (Å²) in [4.78, 5) is 35.7. The molecule has 0 bridgehead atoms. The van der Waals surface area contributed by atoms with Gasteiger partial charge >= 0.3 is 0 Å². The molecule has 3 aromatic carbocycles. The number of nitro groups is 1. The molecule has 0 saturated heterocycles. The molecule has 3 aromatic rings. The Balaban J connectivity index is 1.42. The highest BCUT2D eigenvalue weighted by Gasteiger charge is 2.22. The van der Waals surface area contributed by atoms with Crippen LogP contribution in [0, 0.1) is 10.1 Å². The lowest BCUT2D eigenvalue weighted by Crippen LogP contribution is -2.40. The minimum Gasteiger partial charge on any atom is -0.486 e. The standard InChI is InChI=1S/C23H18ClN3O6/c24-18-11-14(27(30)31)9-10-16(18)23(29)26-19-6-2-1-5-17(19)22(28)25-12-15-13-32-20-7-3-4-8-21(20)33-15/h1-11,15H,12-13H2,(H,25,28)(H,26,29). The van der Waals surface area contributed by atoms with E-state index in [2.05, 4.69) is 10.6 Å². The number of hydrogen-bond acceptors (Lipinski definition) is 6. The largest absolute Gasteiger partial charge is 0.486 e. The van der Waals surface area contributed by atoms with E-state index in [0.29, 0.717) is 11.5 Å². The first kappa shape index (κ1) is 22.1. The quantitative estimate of drug-likeness (QED) is 0.416. The summed E-state index contributed by atoms with van der Waals surface area (Å²) in [5.74, 6) is 0.243. The van der Waals surface area contributed by atoms with Gasteiger partial charge in [0.05, 0.1) is 33.3 Å². The second-order valence-corrected chi connectivity index (χ2v) is 7.54. The van der Waals surface area contributed by atoms with Gasteiger partial charge in [0.15, 0.2) is 11.5 Å². The number of fused-ring (bicyclic) bond motifs is 1. The molecule has 9 nitrogen and oxygen atoms in total. The Kier molecular flexibility index (Phi) is 6.41. The molecule has 2 N–H and O–H groups in total. The molecule has 1 heterocycles. The third kappa shape index (κ3) is 5.04. The molecule has 0 aliphatic carbocycles. The van der Waals surface area contributed by atoms with Gasteiger partial charge in [-0.25, -0.2) is 0 Å². The zero-order valence-electron chi connectivity index (χ0n) is 17.1. The number of nitrogens with one attached hydrogen (secondary N) is 2. The number of nitro benzene ring substituents is 1. The first-order chi connectivity index (χ1) is 15.9. The molecular formula is C23H18ClN3O6. The molecule has 0 saturated carbocycles. The average Bonchev–Trinajstić information content (AvgIpc) is 2.82. The summed E-state index contributed by atoms with van der Waals surface area (Å²) in [6, 6.07) is 17.3. The third-order valence-corrected chi connectivity index (χ3v) is 5.20. The second kappa shape index (κ2) is 9.58.